The van der Waals surface area contributed by atoms with Crippen LogP contribution in [0.1, 0.15) is 49.2 Å². The highest BCUT2D eigenvalue weighted by molar-refractivity contribution is 6.07. The molecule has 6 nitrogen and oxygen atoms in total. The van der Waals surface area contributed by atoms with Crippen molar-refractivity contribution in [2.45, 2.75) is 39.5 Å². The number of hydrogen-bond acceptors (Lipinski definition) is 4. The maximum absolute atomic E-state index is 13.3. The molecule has 166 valence electrons. The van der Waals surface area contributed by atoms with Crippen LogP contribution in [0.4, 0.5) is 11.4 Å². The smallest absolute Gasteiger partial charge is 0.222 e. The van der Waals surface area contributed by atoms with E-state index in [9.17, 15) is 9.59 Å². The quantitative estimate of drug-likeness (QED) is 0.514. The average molecular weight is 431 g/mol. The SMILES string of the molecule is CCN(CC)C(=O)CCC1CC(=O)c2c([nH]c(-c3ccncc3)c2Nc2ccccc2)C1. The van der Waals surface area contributed by atoms with Gasteiger partial charge in [0.2, 0.25) is 5.91 Å². The van der Waals surface area contributed by atoms with Crippen molar-refractivity contribution in [2.24, 2.45) is 5.92 Å². The van der Waals surface area contributed by atoms with Gasteiger partial charge in [-0.3, -0.25) is 14.6 Å². The predicted molar refractivity (Wildman–Crippen MR) is 127 cm³/mol. The fraction of sp³-hybridized carbons (Fsp3) is 0.346. The second-order valence-corrected chi connectivity index (χ2v) is 8.26. The number of anilines is 2. The molecule has 0 aliphatic heterocycles. The minimum Gasteiger partial charge on any atom is -0.356 e. The van der Waals surface area contributed by atoms with E-state index >= 15 is 0 Å². The largest absolute Gasteiger partial charge is 0.356 e. The van der Waals surface area contributed by atoms with Gasteiger partial charge >= 0.3 is 0 Å². The van der Waals surface area contributed by atoms with Gasteiger partial charge in [0.25, 0.3) is 0 Å². The zero-order valence-electron chi connectivity index (χ0n) is 18.7. The zero-order chi connectivity index (χ0) is 22.5. The molecule has 0 saturated carbocycles. The third-order valence-electron chi connectivity index (χ3n) is 6.22. The molecule has 2 heterocycles. The Balaban J connectivity index is 1.61. The van der Waals surface area contributed by atoms with E-state index in [1.807, 2.05) is 61.2 Å². The number of fused-ring (bicyclic) bond motifs is 1. The summed E-state index contributed by atoms with van der Waals surface area (Å²) in [5, 5.41) is 3.47. The molecule has 3 aromatic rings. The number of H-pyrrole nitrogens is 1. The summed E-state index contributed by atoms with van der Waals surface area (Å²) >= 11 is 0. The molecule has 32 heavy (non-hydrogen) atoms. The van der Waals surface area contributed by atoms with E-state index in [4.69, 9.17) is 0 Å². The van der Waals surface area contributed by atoms with E-state index in [2.05, 4.69) is 15.3 Å². The van der Waals surface area contributed by atoms with Crippen LogP contribution in [-0.4, -0.2) is 39.6 Å². The van der Waals surface area contributed by atoms with E-state index in [-0.39, 0.29) is 17.6 Å². The van der Waals surface area contributed by atoms with Gasteiger partial charge in [-0.2, -0.15) is 0 Å². The van der Waals surface area contributed by atoms with Crippen molar-refractivity contribution in [1.82, 2.24) is 14.9 Å². The van der Waals surface area contributed by atoms with Gasteiger partial charge in [-0.15, -0.1) is 0 Å². The minimum absolute atomic E-state index is 0.126. The van der Waals surface area contributed by atoms with Crippen molar-refractivity contribution < 1.29 is 9.59 Å². The van der Waals surface area contributed by atoms with Crippen molar-refractivity contribution >= 4 is 23.1 Å². The lowest BCUT2D eigenvalue weighted by Gasteiger charge is -2.24. The standard InChI is InChI=1S/C26H30N4O2/c1-3-30(4-2)23(32)11-10-18-16-21-24(22(31)17-18)26(28-20-8-6-5-7-9-20)25(29-21)19-12-14-27-15-13-19/h5-9,12-15,18,28-29H,3-4,10-11,16-17H2,1-2H3. The lowest BCUT2D eigenvalue weighted by Crippen LogP contribution is -2.31. The first kappa shape index (κ1) is 21.8. The fourth-order valence-corrected chi connectivity index (χ4v) is 4.53. The summed E-state index contributed by atoms with van der Waals surface area (Å²) < 4.78 is 0. The summed E-state index contributed by atoms with van der Waals surface area (Å²) in [5.74, 6) is 0.466. The maximum Gasteiger partial charge on any atom is 0.222 e. The molecular formula is C26H30N4O2. The van der Waals surface area contributed by atoms with E-state index in [1.54, 1.807) is 12.4 Å². The molecule has 0 spiro atoms. The van der Waals surface area contributed by atoms with E-state index in [1.165, 1.54) is 0 Å². The fourth-order valence-electron chi connectivity index (χ4n) is 4.53. The van der Waals surface area contributed by atoms with Crippen molar-refractivity contribution in [3.63, 3.8) is 0 Å². The summed E-state index contributed by atoms with van der Waals surface area (Å²) in [6.07, 6.45) is 5.96. The number of rotatable bonds is 8. The molecule has 0 radical (unpaired) electrons. The number of nitrogens with zero attached hydrogens (tertiary/aromatic N) is 2. The van der Waals surface area contributed by atoms with Crippen LogP contribution in [0.3, 0.4) is 0 Å². The third kappa shape index (κ3) is 4.59. The van der Waals surface area contributed by atoms with Crippen LogP contribution >= 0.6 is 0 Å². The van der Waals surface area contributed by atoms with Crippen LogP contribution in [0.15, 0.2) is 54.9 Å². The van der Waals surface area contributed by atoms with E-state index in [0.717, 1.165) is 59.8 Å². The van der Waals surface area contributed by atoms with E-state index < -0.39 is 0 Å². The average Bonchev–Trinajstić information content (AvgIpc) is 3.18. The van der Waals surface area contributed by atoms with Crippen molar-refractivity contribution in [1.29, 1.82) is 0 Å². The van der Waals surface area contributed by atoms with Gasteiger partial charge in [-0.05, 0) is 56.9 Å². The maximum atomic E-state index is 13.3. The molecule has 0 bridgehead atoms. The van der Waals surface area contributed by atoms with Gasteiger partial charge in [-0.1, -0.05) is 18.2 Å². The molecule has 2 N–H and O–H groups in total. The van der Waals surface area contributed by atoms with Gasteiger partial charge in [0.1, 0.15) is 0 Å². The number of nitrogens with one attached hydrogen (secondary N) is 2. The molecular weight excluding hydrogens is 400 g/mol. The second kappa shape index (κ2) is 9.81. The Morgan fingerprint density at radius 2 is 1.81 bits per heavy atom. The number of Topliss-reactive ketones (excluding diaryl/α,β-unsaturated/α-hetero) is 1. The molecule has 1 aromatic carbocycles. The summed E-state index contributed by atoms with van der Waals surface area (Å²) in [6.45, 7) is 5.45. The Morgan fingerprint density at radius 1 is 1.09 bits per heavy atom. The molecule has 2 aromatic heterocycles. The van der Waals surface area contributed by atoms with Gasteiger partial charge in [0.05, 0.1) is 16.9 Å². The number of ketones is 1. The number of amides is 1. The third-order valence-corrected chi connectivity index (χ3v) is 6.22. The predicted octanol–water partition coefficient (Wildman–Crippen LogP) is 5.21. The summed E-state index contributed by atoms with van der Waals surface area (Å²) in [4.78, 5) is 35.2. The second-order valence-electron chi connectivity index (χ2n) is 8.26. The number of carbonyl (C=O) groups excluding carboxylic acids is 2. The Labute approximate surface area is 189 Å². The molecule has 1 atom stereocenters. The number of carbonyl (C=O) groups is 2. The molecule has 0 saturated heterocycles. The molecule has 1 aliphatic carbocycles. The topological polar surface area (TPSA) is 78.1 Å². The first-order chi connectivity index (χ1) is 15.6. The van der Waals surface area contributed by atoms with Crippen LogP contribution in [0.5, 0.6) is 0 Å². The van der Waals surface area contributed by atoms with Crippen LogP contribution in [0.2, 0.25) is 0 Å². The summed E-state index contributed by atoms with van der Waals surface area (Å²) in [5.41, 5.74) is 5.33. The first-order valence-corrected chi connectivity index (χ1v) is 11.4. The van der Waals surface area contributed by atoms with Gasteiger partial charge < -0.3 is 15.2 Å². The van der Waals surface area contributed by atoms with Crippen molar-refractivity contribution in [3.8, 4) is 11.3 Å². The molecule has 6 heteroatoms. The monoisotopic (exact) mass is 430 g/mol. The first-order valence-electron chi connectivity index (χ1n) is 11.4. The molecule has 4 rings (SSSR count). The highest BCUT2D eigenvalue weighted by Gasteiger charge is 2.32. The van der Waals surface area contributed by atoms with Gasteiger partial charge in [-0.25, -0.2) is 0 Å². The molecule has 1 aliphatic rings. The molecule has 1 amide bonds. The number of aromatic amines is 1. The van der Waals surface area contributed by atoms with Crippen LogP contribution in [0.25, 0.3) is 11.3 Å². The lowest BCUT2D eigenvalue weighted by molar-refractivity contribution is -0.131. The van der Waals surface area contributed by atoms with Crippen LogP contribution < -0.4 is 5.32 Å². The van der Waals surface area contributed by atoms with Crippen molar-refractivity contribution in [3.05, 3.63) is 66.1 Å². The Kier molecular flexibility index (Phi) is 6.69. The van der Waals surface area contributed by atoms with Crippen LogP contribution in [0, 0.1) is 5.92 Å². The number of aromatic nitrogens is 2. The van der Waals surface area contributed by atoms with E-state index in [0.29, 0.717) is 12.8 Å². The zero-order valence-corrected chi connectivity index (χ0v) is 18.7. The number of para-hydroxylation sites is 1. The Bertz CT molecular complexity index is 1070. The highest BCUT2D eigenvalue weighted by atomic mass is 16.2. The normalized spacial score (nSPS) is 15.3. The van der Waals surface area contributed by atoms with Gasteiger partial charge in [0.15, 0.2) is 5.78 Å². The number of benzene rings is 1. The van der Waals surface area contributed by atoms with Crippen LogP contribution in [-0.2, 0) is 11.2 Å². The lowest BCUT2D eigenvalue weighted by atomic mass is 9.83. The minimum atomic E-state index is 0.126. The summed E-state index contributed by atoms with van der Waals surface area (Å²) in [6, 6.07) is 13.8. The number of pyridine rings is 1. The van der Waals surface area contributed by atoms with Crippen molar-refractivity contribution in [2.75, 3.05) is 18.4 Å². The highest BCUT2D eigenvalue weighted by Crippen LogP contribution is 2.40. The molecule has 0 fully saturated rings. The Hall–Kier alpha value is -3.41. The number of hydrogen-bond donors (Lipinski definition) is 2. The molecule has 1 unspecified atom stereocenters. The van der Waals surface area contributed by atoms with Gasteiger partial charge in [0, 0.05) is 55.3 Å². The summed E-state index contributed by atoms with van der Waals surface area (Å²) in [7, 11) is 0. The Morgan fingerprint density at radius 3 is 2.50 bits per heavy atom.